The summed E-state index contributed by atoms with van der Waals surface area (Å²) in [5.74, 6) is 0.341. The SMILES string of the molecule is COc1ccc(C(=O)Nc2nc3c(s2)CCC3C(=O)N2CCN(c3ccccc3Cl)CC2)cc1. The van der Waals surface area contributed by atoms with E-state index in [2.05, 4.69) is 15.2 Å². The van der Waals surface area contributed by atoms with E-state index in [9.17, 15) is 9.59 Å². The highest BCUT2D eigenvalue weighted by Gasteiger charge is 2.36. The fourth-order valence-corrected chi connectivity index (χ4v) is 5.82. The van der Waals surface area contributed by atoms with Gasteiger partial charge in [-0.05, 0) is 49.2 Å². The van der Waals surface area contributed by atoms with Crippen LogP contribution in [0.25, 0.3) is 0 Å². The Hall–Kier alpha value is -3.10. The summed E-state index contributed by atoms with van der Waals surface area (Å²) < 4.78 is 5.14. The van der Waals surface area contributed by atoms with E-state index in [0.717, 1.165) is 47.2 Å². The highest BCUT2D eigenvalue weighted by atomic mass is 35.5. The molecule has 1 unspecified atom stereocenters. The van der Waals surface area contributed by atoms with Gasteiger partial charge in [0.25, 0.3) is 5.91 Å². The van der Waals surface area contributed by atoms with Crippen molar-refractivity contribution in [2.45, 2.75) is 18.8 Å². The number of methoxy groups -OCH3 is 1. The van der Waals surface area contributed by atoms with Crippen molar-refractivity contribution >= 4 is 45.6 Å². The third kappa shape index (κ3) is 4.48. The minimum Gasteiger partial charge on any atom is -0.497 e. The van der Waals surface area contributed by atoms with E-state index in [1.165, 1.54) is 11.3 Å². The van der Waals surface area contributed by atoms with Gasteiger partial charge < -0.3 is 14.5 Å². The number of rotatable bonds is 5. The number of halogens is 1. The van der Waals surface area contributed by atoms with Crippen LogP contribution in [-0.4, -0.2) is 55.0 Å². The van der Waals surface area contributed by atoms with Crippen molar-refractivity contribution in [3.63, 3.8) is 0 Å². The number of hydrogen-bond donors (Lipinski definition) is 1. The van der Waals surface area contributed by atoms with Crippen molar-refractivity contribution in [2.24, 2.45) is 0 Å². The van der Waals surface area contributed by atoms with Crippen molar-refractivity contribution in [3.8, 4) is 5.75 Å². The molecule has 1 N–H and O–H groups in total. The molecule has 9 heteroatoms. The summed E-state index contributed by atoms with van der Waals surface area (Å²) in [7, 11) is 1.59. The Kier molecular flexibility index (Phi) is 6.43. The van der Waals surface area contributed by atoms with Crippen LogP contribution in [0.15, 0.2) is 48.5 Å². The number of piperazine rings is 1. The van der Waals surface area contributed by atoms with Crippen LogP contribution in [0.3, 0.4) is 0 Å². The highest BCUT2D eigenvalue weighted by molar-refractivity contribution is 7.16. The molecule has 34 heavy (non-hydrogen) atoms. The first kappa shape index (κ1) is 22.7. The number of anilines is 2. The zero-order valence-corrected chi connectivity index (χ0v) is 20.4. The Balaban J connectivity index is 1.22. The number of carbonyl (C=O) groups is 2. The number of para-hydroxylation sites is 1. The zero-order valence-electron chi connectivity index (χ0n) is 18.8. The molecule has 1 aliphatic heterocycles. The molecule has 1 aromatic heterocycles. The van der Waals surface area contributed by atoms with Gasteiger partial charge in [-0.2, -0.15) is 0 Å². The summed E-state index contributed by atoms with van der Waals surface area (Å²) in [5.41, 5.74) is 2.35. The molecule has 0 spiro atoms. The lowest BCUT2D eigenvalue weighted by Gasteiger charge is -2.37. The Morgan fingerprint density at radius 1 is 1.09 bits per heavy atom. The fourth-order valence-electron chi connectivity index (χ4n) is 4.53. The molecule has 1 saturated heterocycles. The molecule has 7 nitrogen and oxygen atoms in total. The molecule has 2 amide bonds. The van der Waals surface area contributed by atoms with Gasteiger partial charge in [0, 0.05) is 36.6 Å². The maximum absolute atomic E-state index is 13.3. The van der Waals surface area contributed by atoms with Gasteiger partial charge in [-0.3, -0.25) is 14.9 Å². The predicted molar refractivity (Wildman–Crippen MR) is 134 cm³/mol. The third-order valence-electron chi connectivity index (χ3n) is 6.37. The standard InChI is InChI=1S/C25H25ClN4O3S/c1-33-17-8-6-16(7-9-17)23(31)28-25-27-22-18(10-11-21(22)34-25)24(32)30-14-12-29(13-15-30)20-5-3-2-4-19(20)26/h2-9,18H,10-15H2,1H3,(H,27,28,31). The van der Waals surface area contributed by atoms with Crippen LogP contribution >= 0.6 is 22.9 Å². The first-order chi connectivity index (χ1) is 16.5. The Labute approximate surface area is 207 Å². The van der Waals surface area contributed by atoms with Crippen molar-refractivity contribution in [2.75, 3.05) is 43.5 Å². The van der Waals surface area contributed by atoms with Crippen LogP contribution in [0, 0.1) is 0 Å². The molecule has 0 radical (unpaired) electrons. The second kappa shape index (κ2) is 9.64. The second-order valence-electron chi connectivity index (χ2n) is 8.37. The topological polar surface area (TPSA) is 74.8 Å². The van der Waals surface area contributed by atoms with Crippen LogP contribution in [0.4, 0.5) is 10.8 Å². The molecule has 2 heterocycles. The lowest BCUT2D eigenvalue weighted by molar-refractivity contribution is -0.133. The summed E-state index contributed by atoms with van der Waals surface area (Å²) in [6.07, 6.45) is 1.58. The normalized spacial score (nSPS) is 17.4. The van der Waals surface area contributed by atoms with Crippen molar-refractivity contribution < 1.29 is 14.3 Å². The Morgan fingerprint density at radius 3 is 2.53 bits per heavy atom. The lowest BCUT2D eigenvalue weighted by atomic mass is 10.1. The largest absolute Gasteiger partial charge is 0.497 e. The fraction of sp³-hybridized carbons (Fsp3) is 0.320. The summed E-state index contributed by atoms with van der Waals surface area (Å²) in [4.78, 5) is 35.8. The number of fused-ring (bicyclic) bond motifs is 1. The van der Waals surface area contributed by atoms with E-state index >= 15 is 0 Å². The van der Waals surface area contributed by atoms with E-state index in [1.807, 2.05) is 29.2 Å². The van der Waals surface area contributed by atoms with Crippen LogP contribution in [-0.2, 0) is 11.2 Å². The monoisotopic (exact) mass is 496 g/mol. The van der Waals surface area contributed by atoms with Crippen molar-refractivity contribution in [1.29, 1.82) is 0 Å². The molecule has 3 aromatic rings. The predicted octanol–water partition coefficient (Wildman–Crippen LogP) is 4.44. The molecule has 0 bridgehead atoms. The van der Waals surface area contributed by atoms with Gasteiger partial charge in [0.05, 0.1) is 29.4 Å². The molecule has 1 aliphatic carbocycles. The molecule has 1 fully saturated rings. The summed E-state index contributed by atoms with van der Waals surface area (Å²) in [5, 5.41) is 4.14. The number of hydrogen-bond acceptors (Lipinski definition) is 6. The molecule has 1 atom stereocenters. The molecule has 0 saturated carbocycles. The molecule has 176 valence electrons. The lowest BCUT2D eigenvalue weighted by Crippen LogP contribution is -2.50. The number of thiazole rings is 1. The minimum absolute atomic E-state index is 0.121. The van der Waals surface area contributed by atoms with E-state index in [1.54, 1.807) is 31.4 Å². The average molecular weight is 497 g/mol. The van der Waals surface area contributed by atoms with E-state index in [-0.39, 0.29) is 17.7 Å². The number of ether oxygens (including phenoxy) is 1. The zero-order chi connectivity index (χ0) is 23.7. The Morgan fingerprint density at radius 2 is 1.82 bits per heavy atom. The maximum Gasteiger partial charge on any atom is 0.257 e. The number of benzene rings is 2. The number of nitrogens with one attached hydrogen (secondary N) is 1. The van der Waals surface area contributed by atoms with Gasteiger partial charge >= 0.3 is 0 Å². The quantitative estimate of drug-likeness (QED) is 0.565. The van der Waals surface area contributed by atoms with Crippen LogP contribution in [0.2, 0.25) is 5.02 Å². The smallest absolute Gasteiger partial charge is 0.257 e. The highest BCUT2D eigenvalue weighted by Crippen LogP contribution is 2.39. The van der Waals surface area contributed by atoms with Gasteiger partial charge in [0.2, 0.25) is 5.91 Å². The minimum atomic E-state index is -0.246. The van der Waals surface area contributed by atoms with Gasteiger partial charge in [0.1, 0.15) is 5.75 Å². The molecular weight excluding hydrogens is 472 g/mol. The van der Waals surface area contributed by atoms with Gasteiger partial charge in [-0.25, -0.2) is 4.98 Å². The summed E-state index contributed by atoms with van der Waals surface area (Å²) in [6, 6.07) is 14.7. The van der Waals surface area contributed by atoms with Gasteiger partial charge in [0.15, 0.2) is 5.13 Å². The number of amides is 2. The van der Waals surface area contributed by atoms with Crippen molar-refractivity contribution in [1.82, 2.24) is 9.88 Å². The molecule has 5 rings (SSSR count). The van der Waals surface area contributed by atoms with Gasteiger partial charge in [-0.15, -0.1) is 11.3 Å². The van der Waals surface area contributed by atoms with Crippen molar-refractivity contribution in [3.05, 3.63) is 69.7 Å². The molecule has 2 aliphatic rings. The summed E-state index contributed by atoms with van der Waals surface area (Å²) >= 11 is 7.80. The van der Waals surface area contributed by atoms with Crippen LogP contribution in [0.1, 0.15) is 33.3 Å². The number of aromatic nitrogens is 1. The average Bonchev–Trinajstić information content (AvgIpc) is 3.44. The number of carbonyl (C=O) groups excluding carboxylic acids is 2. The van der Waals surface area contributed by atoms with E-state index in [4.69, 9.17) is 16.3 Å². The summed E-state index contributed by atoms with van der Waals surface area (Å²) in [6.45, 7) is 2.80. The molecular formula is C25H25ClN4O3S. The molecule has 2 aromatic carbocycles. The first-order valence-corrected chi connectivity index (χ1v) is 12.5. The van der Waals surface area contributed by atoms with Crippen LogP contribution < -0.4 is 15.0 Å². The number of nitrogens with zero attached hydrogens (tertiary/aromatic N) is 3. The second-order valence-corrected chi connectivity index (χ2v) is 9.86. The maximum atomic E-state index is 13.3. The Bertz CT molecular complexity index is 1210. The van der Waals surface area contributed by atoms with Crippen LogP contribution in [0.5, 0.6) is 5.75 Å². The third-order valence-corrected chi connectivity index (χ3v) is 7.74. The van der Waals surface area contributed by atoms with Gasteiger partial charge in [-0.1, -0.05) is 23.7 Å². The van der Waals surface area contributed by atoms with E-state index in [0.29, 0.717) is 29.5 Å². The first-order valence-electron chi connectivity index (χ1n) is 11.3. The van der Waals surface area contributed by atoms with E-state index < -0.39 is 0 Å². The number of aryl methyl sites for hydroxylation is 1.